The Balaban J connectivity index is 1.64. The Kier molecular flexibility index (Phi) is 5.41. The van der Waals surface area contributed by atoms with Crippen LogP contribution in [-0.4, -0.2) is 18.6 Å². The predicted octanol–water partition coefficient (Wildman–Crippen LogP) is 4.13. The number of sulfone groups is 1. The molecule has 3 rings (SSSR count). The zero-order chi connectivity index (χ0) is 17.9. The van der Waals surface area contributed by atoms with E-state index in [0.29, 0.717) is 10.8 Å². The van der Waals surface area contributed by atoms with Gasteiger partial charge in [0, 0.05) is 10.8 Å². The van der Waals surface area contributed by atoms with Crippen LogP contribution >= 0.6 is 23.4 Å². The average Bonchev–Trinajstić information content (AvgIpc) is 3.01. The maximum atomic E-state index is 12.9. The highest BCUT2D eigenvalue weighted by molar-refractivity contribution is 7.98. The Morgan fingerprint density at radius 2 is 1.72 bits per heavy atom. The number of rotatable bonds is 6. The smallest absolute Gasteiger partial charge is 0.276 e. The van der Waals surface area contributed by atoms with Gasteiger partial charge in [-0.1, -0.05) is 35.5 Å². The molecule has 2 aromatic carbocycles. The van der Waals surface area contributed by atoms with E-state index in [0.717, 1.165) is 5.56 Å². The van der Waals surface area contributed by atoms with E-state index >= 15 is 0 Å². The molecule has 1 aromatic heterocycles. The van der Waals surface area contributed by atoms with Gasteiger partial charge in [0.25, 0.3) is 5.22 Å². The van der Waals surface area contributed by atoms with E-state index < -0.39 is 15.6 Å². The molecule has 0 spiro atoms. The highest BCUT2D eigenvalue weighted by Gasteiger charge is 2.19. The lowest BCUT2D eigenvalue weighted by Gasteiger charge is -2.01. The zero-order valence-electron chi connectivity index (χ0n) is 12.7. The van der Waals surface area contributed by atoms with Crippen LogP contribution in [0.2, 0.25) is 5.02 Å². The third-order valence-electron chi connectivity index (χ3n) is 3.21. The summed E-state index contributed by atoms with van der Waals surface area (Å²) in [5, 5.41) is 8.31. The first kappa shape index (κ1) is 17.9. The molecule has 0 aliphatic rings. The SMILES string of the molecule is O=S(=O)(Cc1nnc(SCc2ccc(F)cc2)o1)c1ccc(Cl)cc1. The van der Waals surface area contributed by atoms with Crippen molar-refractivity contribution in [1.29, 1.82) is 0 Å². The summed E-state index contributed by atoms with van der Waals surface area (Å²) >= 11 is 7.01. The summed E-state index contributed by atoms with van der Waals surface area (Å²) in [6, 6.07) is 11.9. The number of thioether (sulfide) groups is 1. The van der Waals surface area contributed by atoms with Crippen LogP contribution in [0.3, 0.4) is 0 Å². The molecular weight excluding hydrogens is 387 g/mol. The van der Waals surface area contributed by atoms with Gasteiger partial charge in [0.05, 0.1) is 4.90 Å². The number of halogens is 2. The Labute approximate surface area is 153 Å². The minimum atomic E-state index is -3.59. The fourth-order valence-electron chi connectivity index (χ4n) is 1.97. The van der Waals surface area contributed by atoms with Crippen molar-refractivity contribution in [3.05, 3.63) is 70.8 Å². The Bertz CT molecular complexity index is 958. The topological polar surface area (TPSA) is 73.1 Å². The van der Waals surface area contributed by atoms with Gasteiger partial charge in [0.2, 0.25) is 5.89 Å². The number of hydrogen-bond acceptors (Lipinski definition) is 6. The highest BCUT2D eigenvalue weighted by Crippen LogP contribution is 2.24. The van der Waals surface area contributed by atoms with Crippen LogP contribution in [0, 0.1) is 5.82 Å². The Morgan fingerprint density at radius 1 is 1.04 bits per heavy atom. The summed E-state index contributed by atoms with van der Waals surface area (Å²) in [7, 11) is -3.59. The second-order valence-corrected chi connectivity index (χ2v) is 8.44. The van der Waals surface area contributed by atoms with Crippen molar-refractivity contribution in [3.8, 4) is 0 Å². The van der Waals surface area contributed by atoms with Crippen molar-refractivity contribution in [2.75, 3.05) is 0 Å². The summed E-state index contributed by atoms with van der Waals surface area (Å²) in [5.41, 5.74) is 0.889. The van der Waals surface area contributed by atoms with Crippen molar-refractivity contribution >= 4 is 33.2 Å². The molecule has 0 aliphatic carbocycles. The molecule has 25 heavy (non-hydrogen) atoms. The van der Waals surface area contributed by atoms with Crippen molar-refractivity contribution in [1.82, 2.24) is 10.2 Å². The molecule has 130 valence electrons. The van der Waals surface area contributed by atoms with Gasteiger partial charge in [0.1, 0.15) is 11.6 Å². The van der Waals surface area contributed by atoms with Crippen LogP contribution in [0.5, 0.6) is 0 Å². The van der Waals surface area contributed by atoms with Gasteiger partial charge in [-0.25, -0.2) is 12.8 Å². The van der Waals surface area contributed by atoms with Crippen LogP contribution in [-0.2, 0) is 21.3 Å². The zero-order valence-corrected chi connectivity index (χ0v) is 15.1. The first-order chi connectivity index (χ1) is 11.9. The van der Waals surface area contributed by atoms with E-state index in [9.17, 15) is 12.8 Å². The summed E-state index contributed by atoms with van der Waals surface area (Å²) in [6.07, 6.45) is 0. The molecule has 0 unspecified atom stereocenters. The van der Waals surface area contributed by atoms with E-state index in [4.69, 9.17) is 16.0 Å². The molecule has 0 N–H and O–H groups in total. The highest BCUT2D eigenvalue weighted by atomic mass is 35.5. The normalized spacial score (nSPS) is 11.6. The molecule has 0 amide bonds. The molecular formula is C16H12ClFN2O3S2. The Hall–Kier alpha value is -1.90. The maximum absolute atomic E-state index is 12.9. The van der Waals surface area contributed by atoms with Crippen molar-refractivity contribution < 1.29 is 17.2 Å². The van der Waals surface area contributed by atoms with Crippen molar-refractivity contribution in [3.63, 3.8) is 0 Å². The molecule has 0 atom stereocenters. The van der Waals surface area contributed by atoms with Crippen LogP contribution in [0.1, 0.15) is 11.5 Å². The minimum absolute atomic E-state index is 0.0107. The van der Waals surface area contributed by atoms with E-state index in [-0.39, 0.29) is 21.8 Å². The lowest BCUT2D eigenvalue weighted by atomic mass is 10.2. The lowest BCUT2D eigenvalue weighted by molar-refractivity contribution is 0.423. The van der Waals surface area contributed by atoms with Gasteiger partial charge in [-0.2, -0.15) is 0 Å². The van der Waals surface area contributed by atoms with E-state index in [1.807, 2.05) is 0 Å². The fraction of sp³-hybridized carbons (Fsp3) is 0.125. The summed E-state index contributed by atoms with van der Waals surface area (Å²) in [5.74, 6) is -0.178. The number of benzene rings is 2. The van der Waals surface area contributed by atoms with Gasteiger partial charge < -0.3 is 4.42 Å². The molecule has 0 radical (unpaired) electrons. The van der Waals surface area contributed by atoms with E-state index in [1.54, 1.807) is 12.1 Å². The maximum Gasteiger partial charge on any atom is 0.276 e. The summed E-state index contributed by atoms with van der Waals surface area (Å²) < 4.78 is 42.9. The van der Waals surface area contributed by atoms with Gasteiger partial charge in [0.15, 0.2) is 9.84 Å². The second-order valence-electron chi connectivity index (χ2n) is 5.09. The third kappa shape index (κ3) is 4.81. The van der Waals surface area contributed by atoms with Gasteiger partial charge in [-0.05, 0) is 42.0 Å². The summed E-state index contributed by atoms with van der Waals surface area (Å²) in [6.45, 7) is 0. The number of aromatic nitrogens is 2. The monoisotopic (exact) mass is 398 g/mol. The molecule has 1 heterocycles. The van der Waals surface area contributed by atoms with Crippen LogP contribution in [0.4, 0.5) is 4.39 Å². The standard InChI is InChI=1S/C16H12ClFN2O3S2/c17-12-3-7-14(8-4-12)25(21,22)10-15-19-20-16(23-15)24-9-11-1-5-13(18)6-2-11/h1-8H,9-10H2. The largest absolute Gasteiger partial charge is 0.415 e. The van der Waals surface area contributed by atoms with Crippen LogP contribution in [0.15, 0.2) is 63.1 Å². The van der Waals surface area contributed by atoms with Gasteiger partial charge in [-0.3, -0.25) is 0 Å². The van der Waals surface area contributed by atoms with E-state index in [2.05, 4.69) is 10.2 Å². The van der Waals surface area contributed by atoms with Crippen molar-refractivity contribution in [2.24, 2.45) is 0 Å². The molecule has 0 saturated carbocycles. The first-order valence-electron chi connectivity index (χ1n) is 7.10. The van der Waals surface area contributed by atoms with E-state index in [1.165, 1.54) is 48.2 Å². The molecule has 0 fully saturated rings. The van der Waals surface area contributed by atoms with Crippen LogP contribution in [0.25, 0.3) is 0 Å². The molecule has 9 heteroatoms. The number of hydrogen-bond donors (Lipinski definition) is 0. The first-order valence-corrected chi connectivity index (χ1v) is 10.1. The molecule has 0 saturated heterocycles. The molecule has 3 aromatic rings. The minimum Gasteiger partial charge on any atom is -0.415 e. The molecule has 0 bridgehead atoms. The van der Waals surface area contributed by atoms with Gasteiger partial charge in [-0.15, -0.1) is 10.2 Å². The molecule has 5 nitrogen and oxygen atoms in total. The van der Waals surface area contributed by atoms with Crippen LogP contribution < -0.4 is 0 Å². The summed E-state index contributed by atoms with van der Waals surface area (Å²) in [4.78, 5) is 0.135. The quantitative estimate of drug-likeness (QED) is 0.581. The second kappa shape index (κ2) is 7.55. The predicted molar refractivity (Wildman–Crippen MR) is 92.6 cm³/mol. The average molecular weight is 399 g/mol. The molecule has 0 aliphatic heterocycles. The van der Waals surface area contributed by atoms with Gasteiger partial charge >= 0.3 is 0 Å². The lowest BCUT2D eigenvalue weighted by Crippen LogP contribution is -2.05. The number of nitrogens with zero attached hydrogens (tertiary/aromatic N) is 2. The van der Waals surface area contributed by atoms with Crippen molar-refractivity contribution in [2.45, 2.75) is 21.6 Å². The third-order valence-corrected chi connectivity index (χ3v) is 5.97. The Morgan fingerprint density at radius 3 is 2.40 bits per heavy atom. The fourth-order valence-corrected chi connectivity index (χ4v) is 3.99.